The first-order valence-corrected chi connectivity index (χ1v) is 8.80. The van der Waals surface area contributed by atoms with E-state index in [1.807, 2.05) is 42.1 Å². The van der Waals surface area contributed by atoms with Crippen LogP contribution in [0.5, 0.6) is 0 Å². The number of ether oxygens (including phenoxy) is 1. The Morgan fingerprint density at radius 1 is 1.35 bits per heavy atom. The van der Waals surface area contributed by atoms with Crippen LogP contribution in [0.3, 0.4) is 0 Å². The average Bonchev–Trinajstić information content (AvgIpc) is 2.94. The molecule has 2 nitrogen and oxygen atoms in total. The van der Waals surface area contributed by atoms with Gasteiger partial charge in [0.2, 0.25) is 0 Å². The zero-order valence-corrected chi connectivity index (χ0v) is 12.9. The van der Waals surface area contributed by atoms with Crippen molar-refractivity contribution in [3.63, 3.8) is 0 Å². The zero-order valence-electron chi connectivity index (χ0n) is 12.1. The highest BCUT2D eigenvalue weighted by molar-refractivity contribution is 7.99. The summed E-state index contributed by atoms with van der Waals surface area (Å²) in [6, 6.07) is 10.1. The maximum absolute atomic E-state index is 10.6. The van der Waals surface area contributed by atoms with Crippen LogP contribution in [0.25, 0.3) is 0 Å². The molecule has 2 saturated heterocycles. The molecule has 2 heterocycles. The van der Waals surface area contributed by atoms with Gasteiger partial charge in [0.15, 0.2) is 0 Å². The number of aliphatic hydroxyl groups is 1. The average molecular weight is 292 g/mol. The van der Waals surface area contributed by atoms with Gasteiger partial charge in [0.05, 0.1) is 11.7 Å². The Labute approximate surface area is 125 Å². The minimum atomic E-state index is -0.356. The highest BCUT2D eigenvalue weighted by atomic mass is 32.2. The molecule has 20 heavy (non-hydrogen) atoms. The number of benzene rings is 1. The Hall–Kier alpha value is -0.510. The van der Waals surface area contributed by atoms with Gasteiger partial charge in [0, 0.05) is 12.4 Å². The van der Waals surface area contributed by atoms with Crippen LogP contribution in [0, 0.1) is 11.8 Å². The molecule has 2 fully saturated rings. The fourth-order valence-electron chi connectivity index (χ4n) is 3.59. The van der Waals surface area contributed by atoms with Crippen molar-refractivity contribution in [2.45, 2.75) is 37.9 Å². The van der Waals surface area contributed by atoms with Crippen molar-refractivity contribution in [1.29, 1.82) is 0 Å². The van der Waals surface area contributed by atoms with Gasteiger partial charge in [-0.2, -0.15) is 11.8 Å². The highest BCUT2D eigenvalue weighted by Gasteiger charge is 2.42. The lowest BCUT2D eigenvalue weighted by atomic mass is 9.75. The van der Waals surface area contributed by atoms with Gasteiger partial charge in [-0.05, 0) is 42.4 Å². The smallest absolute Gasteiger partial charge is 0.0818 e. The Kier molecular flexibility index (Phi) is 4.39. The summed E-state index contributed by atoms with van der Waals surface area (Å²) in [6.45, 7) is 3.06. The molecule has 0 aliphatic carbocycles. The van der Waals surface area contributed by atoms with E-state index in [0.29, 0.717) is 11.8 Å². The number of thioether (sulfide) groups is 1. The Bertz CT molecular complexity index is 428. The normalized spacial score (nSPS) is 33.2. The quantitative estimate of drug-likeness (QED) is 0.922. The third kappa shape index (κ3) is 2.90. The summed E-state index contributed by atoms with van der Waals surface area (Å²) < 4.78 is 6.09. The summed E-state index contributed by atoms with van der Waals surface area (Å²) in [4.78, 5) is 0. The molecule has 0 radical (unpaired) electrons. The molecule has 0 amide bonds. The van der Waals surface area contributed by atoms with Crippen molar-refractivity contribution in [2.24, 2.45) is 11.8 Å². The van der Waals surface area contributed by atoms with Gasteiger partial charge >= 0.3 is 0 Å². The Morgan fingerprint density at radius 3 is 2.85 bits per heavy atom. The van der Waals surface area contributed by atoms with Crippen molar-refractivity contribution < 1.29 is 9.84 Å². The monoisotopic (exact) mass is 292 g/mol. The second-order valence-corrected chi connectivity index (χ2v) is 7.41. The topological polar surface area (TPSA) is 29.5 Å². The first-order valence-electron chi connectivity index (χ1n) is 7.65. The van der Waals surface area contributed by atoms with Gasteiger partial charge in [-0.1, -0.05) is 37.3 Å². The number of hydrogen-bond acceptors (Lipinski definition) is 3. The Balaban J connectivity index is 1.68. The molecule has 0 aromatic heterocycles. The molecule has 110 valence electrons. The second-order valence-electron chi connectivity index (χ2n) is 6.30. The fourth-order valence-corrected chi connectivity index (χ4v) is 4.97. The van der Waals surface area contributed by atoms with Crippen LogP contribution in [-0.4, -0.2) is 28.8 Å². The van der Waals surface area contributed by atoms with Crippen molar-refractivity contribution >= 4 is 11.8 Å². The largest absolute Gasteiger partial charge is 0.388 e. The predicted octanol–water partition coefficient (Wildman–Crippen LogP) is 3.66. The molecule has 0 saturated carbocycles. The van der Waals surface area contributed by atoms with Gasteiger partial charge in [0.1, 0.15) is 0 Å². The van der Waals surface area contributed by atoms with Gasteiger partial charge < -0.3 is 9.84 Å². The minimum absolute atomic E-state index is 0.109. The van der Waals surface area contributed by atoms with E-state index in [-0.39, 0.29) is 11.7 Å². The first-order chi connectivity index (χ1) is 9.70. The summed E-state index contributed by atoms with van der Waals surface area (Å²) in [5.74, 6) is 3.22. The fraction of sp³-hybridized carbons (Fsp3) is 0.647. The summed E-state index contributed by atoms with van der Waals surface area (Å²) in [6.07, 6.45) is 3.02. The minimum Gasteiger partial charge on any atom is -0.388 e. The van der Waals surface area contributed by atoms with E-state index in [2.05, 4.69) is 6.92 Å². The van der Waals surface area contributed by atoms with Crippen LogP contribution in [-0.2, 0) is 4.74 Å². The van der Waals surface area contributed by atoms with Gasteiger partial charge in [-0.25, -0.2) is 0 Å². The molecule has 0 bridgehead atoms. The lowest BCUT2D eigenvalue weighted by Gasteiger charge is -2.41. The number of aliphatic hydroxyl groups excluding tert-OH is 1. The van der Waals surface area contributed by atoms with Crippen molar-refractivity contribution in [2.75, 3.05) is 18.1 Å². The summed E-state index contributed by atoms with van der Waals surface area (Å²) in [7, 11) is 0. The molecule has 1 N–H and O–H groups in total. The van der Waals surface area contributed by atoms with Crippen molar-refractivity contribution in [1.82, 2.24) is 0 Å². The van der Waals surface area contributed by atoms with Crippen LogP contribution in [0.15, 0.2) is 30.3 Å². The molecule has 1 spiro atoms. The van der Waals surface area contributed by atoms with Crippen molar-refractivity contribution in [3.05, 3.63) is 35.9 Å². The van der Waals surface area contributed by atoms with E-state index in [1.165, 1.54) is 12.2 Å². The van der Waals surface area contributed by atoms with Crippen molar-refractivity contribution in [3.8, 4) is 0 Å². The van der Waals surface area contributed by atoms with Crippen LogP contribution in [0.1, 0.15) is 37.9 Å². The van der Waals surface area contributed by atoms with E-state index < -0.39 is 0 Å². The second kappa shape index (κ2) is 6.08. The highest BCUT2D eigenvalue weighted by Crippen LogP contribution is 2.44. The van der Waals surface area contributed by atoms with Crippen LogP contribution >= 0.6 is 11.8 Å². The molecule has 2 aliphatic heterocycles. The molecule has 1 aromatic carbocycles. The standard InChI is InChI=1S/C17H24O2S/c1-13(16(18)14-5-3-2-4-6-14)15-7-9-19-17(11-15)8-10-20-12-17/h2-6,13,15-16,18H,7-12H2,1H3. The maximum Gasteiger partial charge on any atom is 0.0818 e. The maximum atomic E-state index is 10.6. The van der Waals surface area contributed by atoms with Gasteiger partial charge in [-0.15, -0.1) is 0 Å². The summed E-state index contributed by atoms with van der Waals surface area (Å²) >= 11 is 2.01. The van der Waals surface area contributed by atoms with E-state index in [1.54, 1.807) is 0 Å². The van der Waals surface area contributed by atoms with Crippen LogP contribution in [0.4, 0.5) is 0 Å². The van der Waals surface area contributed by atoms with E-state index in [9.17, 15) is 5.11 Å². The molecule has 3 rings (SSSR count). The number of rotatable bonds is 3. The van der Waals surface area contributed by atoms with Gasteiger partial charge in [0.25, 0.3) is 0 Å². The lowest BCUT2D eigenvalue weighted by molar-refractivity contribution is -0.0978. The number of hydrogen-bond donors (Lipinski definition) is 1. The van der Waals surface area contributed by atoms with E-state index in [0.717, 1.165) is 30.8 Å². The predicted molar refractivity (Wildman–Crippen MR) is 83.9 cm³/mol. The van der Waals surface area contributed by atoms with E-state index in [4.69, 9.17) is 4.74 Å². The zero-order chi connectivity index (χ0) is 14.0. The summed E-state index contributed by atoms with van der Waals surface area (Å²) in [5.41, 5.74) is 1.15. The summed E-state index contributed by atoms with van der Waals surface area (Å²) in [5, 5.41) is 10.6. The molecular weight excluding hydrogens is 268 g/mol. The first kappa shape index (κ1) is 14.4. The van der Waals surface area contributed by atoms with Gasteiger partial charge in [-0.3, -0.25) is 0 Å². The molecule has 1 aromatic rings. The Morgan fingerprint density at radius 2 is 2.15 bits per heavy atom. The third-order valence-corrected chi connectivity index (χ3v) is 6.20. The third-order valence-electron chi connectivity index (χ3n) is 4.98. The lowest BCUT2D eigenvalue weighted by Crippen LogP contribution is -2.42. The molecule has 4 unspecified atom stereocenters. The van der Waals surface area contributed by atoms with E-state index >= 15 is 0 Å². The SMILES string of the molecule is CC(C1CCOC2(CCSC2)C1)C(O)c1ccccc1. The van der Waals surface area contributed by atoms with Crippen LogP contribution < -0.4 is 0 Å². The molecular formula is C17H24O2S. The van der Waals surface area contributed by atoms with Crippen LogP contribution in [0.2, 0.25) is 0 Å². The molecule has 3 heteroatoms. The molecule has 4 atom stereocenters. The molecule has 2 aliphatic rings.